The van der Waals surface area contributed by atoms with Gasteiger partial charge in [-0.25, -0.2) is 0 Å². The van der Waals surface area contributed by atoms with Crippen molar-refractivity contribution < 1.29 is 33.6 Å². The number of rotatable bonds is 13. The van der Waals surface area contributed by atoms with Crippen LogP contribution in [0.1, 0.15) is 48.9 Å². The third-order valence-electron chi connectivity index (χ3n) is 6.75. The molecule has 2 aromatic rings. The zero-order chi connectivity index (χ0) is 28.7. The second-order valence-corrected chi connectivity index (χ2v) is 9.79. The van der Waals surface area contributed by atoms with E-state index >= 15 is 0 Å². The summed E-state index contributed by atoms with van der Waals surface area (Å²) >= 11 is 0. The van der Waals surface area contributed by atoms with E-state index in [1.807, 2.05) is 25.9 Å². The summed E-state index contributed by atoms with van der Waals surface area (Å²) in [7, 11) is 8.40. The Balaban J connectivity index is 2.15. The Morgan fingerprint density at radius 3 is 2.18 bits per heavy atom. The Morgan fingerprint density at radius 2 is 1.64 bits per heavy atom. The second kappa shape index (κ2) is 13.4. The zero-order valence-corrected chi connectivity index (χ0v) is 24.0. The predicted molar refractivity (Wildman–Crippen MR) is 150 cm³/mol. The van der Waals surface area contributed by atoms with Crippen LogP contribution in [0.25, 0.3) is 5.76 Å². The average Bonchev–Trinajstić information content (AvgIpc) is 3.17. The molecule has 212 valence electrons. The van der Waals surface area contributed by atoms with E-state index in [0.29, 0.717) is 53.7 Å². The van der Waals surface area contributed by atoms with Gasteiger partial charge in [0, 0.05) is 12.1 Å². The monoisotopic (exact) mass is 540 g/mol. The molecule has 1 heterocycles. The number of unbranched alkanes of at least 4 members (excludes halogenated alkanes) is 1. The number of likely N-dealkylation sites (tertiary alicyclic amines) is 1. The highest BCUT2D eigenvalue weighted by Crippen LogP contribution is 2.46. The van der Waals surface area contributed by atoms with Crippen LogP contribution in [0, 0.1) is 6.92 Å². The molecule has 0 bridgehead atoms. The van der Waals surface area contributed by atoms with Gasteiger partial charge in [-0.05, 0) is 81.9 Å². The van der Waals surface area contributed by atoms with E-state index < -0.39 is 17.7 Å². The molecule has 9 heteroatoms. The summed E-state index contributed by atoms with van der Waals surface area (Å²) in [4.78, 5) is 30.3. The van der Waals surface area contributed by atoms with E-state index in [1.54, 1.807) is 30.3 Å². The van der Waals surface area contributed by atoms with E-state index in [1.165, 1.54) is 26.2 Å². The first kappa shape index (κ1) is 29.8. The van der Waals surface area contributed by atoms with Gasteiger partial charge in [0.2, 0.25) is 5.75 Å². The fraction of sp³-hybridized carbons (Fsp3) is 0.467. The number of hydrogen-bond donors (Lipinski definition) is 1. The molecular weight excluding hydrogens is 500 g/mol. The van der Waals surface area contributed by atoms with Gasteiger partial charge in [0.15, 0.2) is 11.5 Å². The van der Waals surface area contributed by atoms with Crippen molar-refractivity contribution in [2.75, 3.05) is 55.1 Å². The van der Waals surface area contributed by atoms with Crippen molar-refractivity contribution in [3.05, 3.63) is 52.6 Å². The predicted octanol–water partition coefficient (Wildman–Crippen LogP) is 4.57. The minimum Gasteiger partial charge on any atom is -0.507 e. The van der Waals surface area contributed by atoms with E-state index in [-0.39, 0.29) is 11.3 Å². The zero-order valence-electron chi connectivity index (χ0n) is 24.0. The number of ether oxygens (including phenoxy) is 4. The minimum atomic E-state index is -0.846. The number of Topliss-reactive ketones (excluding diaryl/α,β-unsaturated/α-hetero) is 1. The van der Waals surface area contributed by atoms with Crippen LogP contribution < -0.4 is 18.9 Å². The number of carbonyl (C=O) groups is 2. The Morgan fingerprint density at radius 1 is 0.974 bits per heavy atom. The molecule has 1 atom stereocenters. The third kappa shape index (κ3) is 6.47. The number of amides is 1. The molecule has 1 amide bonds. The van der Waals surface area contributed by atoms with E-state index in [0.717, 1.165) is 24.9 Å². The quantitative estimate of drug-likeness (QED) is 0.171. The highest BCUT2D eigenvalue weighted by molar-refractivity contribution is 6.46. The topological polar surface area (TPSA) is 97.8 Å². The third-order valence-corrected chi connectivity index (χ3v) is 6.75. The number of ketones is 1. The number of aliphatic hydroxyl groups is 1. The van der Waals surface area contributed by atoms with Crippen molar-refractivity contribution in [1.82, 2.24) is 9.80 Å². The van der Waals surface area contributed by atoms with Crippen LogP contribution in [0.5, 0.6) is 23.0 Å². The number of carbonyl (C=O) groups excluding carboxylic acids is 2. The molecule has 39 heavy (non-hydrogen) atoms. The maximum Gasteiger partial charge on any atom is 0.295 e. The van der Waals surface area contributed by atoms with Crippen LogP contribution in [0.2, 0.25) is 0 Å². The maximum atomic E-state index is 13.4. The molecule has 9 nitrogen and oxygen atoms in total. The molecule has 3 rings (SSSR count). The molecule has 0 radical (unpaired) electrons. The van der Waals surface area contributed by atoms with E-state index in [9.17, 15) is 14.7 Å². The van der Waals surface area contributed by atoms with Gasteiger partial charge in [0.25, 0.3) is 11.7 Å². The van der Waals surface area contributed by atoms with Gasteiger partial charge < -0.3 is 33.9 Å². The second-order valence-electron chi connectivity index (χ2n) is 9.79. The first-order valence-corrected chi connectivity index (χ1v) is 13.1. The minimum absolute atomic E-state index is 0.0122. The van der Waals surface area contributed by atoms with Gasteiger partial charge in [-0.1, -0.05) is 13.3 Å². The molecule has 1 saturated heterocycles. The van der Waals surface area contributed by atoms with Crippen LogP contribution in [0.3, 0.4) is 0 Å². The van der Waals surface area contributed by atoms with Gasteiger partial charge in [-0.15, -0.1) is 0 Å². The fourth-order valence-corrected chi connectivity index (χ4v) is 4.71. The summed E-state index contributed by atoms with van der Waals surface area (Å²) in [6, 6.07) is 7.82. The molecule has 1 aliphatic rings. The summed E-state index contributed by atoms with van der Waals surface area (Å²) < 4.78 is 22.4. The van der Waals surface area contributed by atoms with Gasteiger partial charge in [-0.2, -0.15) is 0 Å². The lowest BCUT2D eigenvalue weighted by Gasteiger charge is -2.27. The molecule has 2 aromatic carbocycles. The number of aliphatic hydroxyl groups excluding tert-OH is 1. The lowest BCUT2D eigenvalue weighted by Crippen LogP contribution is -2.32. The summed E-state index contributed by atoms with van der Waals surface area (Å²) in [6.45, 7) is 5.63. The molecule has 1 fully saturated rings. The molecule has 1 aliphatic heterocycles. The van der Waals surface area contributed by atoms with Gasteiger partial charge in [0.1, 0.15) is 11.5 Å². The van der Waals surface area contributed by atoms with Gasteiger partial charge in [0.05, 0.1) is 39.6 Å². The van der Waals surface area contributed by atoms with Crippen LogP contribution in [-0.2, 0) is 9.59 Å². The van der Waals surface area contributed by atoms with Crippen molar-refractivity contribution in [3.63, 3.8) is 0 Å². The van der Waals surface area contributed by atoms with Crippen LogP contribution in [-0.4, -0.2) is 81.7 Å². The molecule has 0 spiro atoms. The van der Waals surface area contributed by atoms with Crippen molar-refractivity contribution in [1.29, 1.82) is 0 Å². The van der Waals surface area contributed by atoms with E-state index in [4.69, 9.17) is 18.9 Å². The molecule has 0 aromatic heterocycles. The van der Waals surface area contributed by atoms with Crippen molar-refractivity contribution >= 4 is 17.4 Å². The number of aryl methyl sites for hydroxylation is 1. The highest BCUT2D eigenvalue weighted by Gasteiger charge is 2.46. The molecule has 0 saturated carbocycles. The molecular formula is C30H40N2O7. The van der Waals surface area contributed by atoms with Crippen molar-refractivity contribution in [2.24, 2.45) is 0 Å². The first-order valence-electron chi connectivity index (χ1n) is 13.1. The van der Waals surface area contributed by atoms with Crippen LogP contribution in [0.4, 0.5) is 0 Å². The Kier molecular flexibility index (Phi) is 10.2. The largest absolute Gasteiger partial charge is 0.507 e. The van der Waals surface area contributed by atoms with E-state index in [2.05, 4.69) is 6.92 Å². The van der Waals surface area contributed by atoms with Crippen molar-refractivity contribution in [3.8, 4) is 23.0 Å². The van der Waals surface area contributed by atoms with Crippen LogP contribution in [0.15, 0.2) is 35.9 Å². The number of nitrogens with zero attached hydrogens (tertiary/aromatic N) is 2. The number of hydrogen-bond acceptors (Lipinski definition) is 8. The molecule has 0 unspecified atom stereocenters. The summed E-state index contributed by atoms with van der Waals surface area (Å²) in [6.07, 6.45) is 2.60. The lowest BCUT2D eigenvalue weighted by atomic mass is 9.94. The normalized spacial score (nSPS) is 16.6. The standard InChI is InChI=1S/C30H40N2O7/c1-8-9-15-39-22-12-11-20(16-19(22)2)27(33)25-26(32(30(35)28(25)34)14-10-13-31(3)4)21-17-23(36-5)29(38-7)24(18-21)37-6/h11-12,16-18,26,33H,8-10,13-15H2,1-7H3/b27-25+/t26-/m1/s1. The van der Waals surface area contributed by atoms with Gasteiger partial charge >= 0.3 is 0 Å². The summed E-state index contributed by atoms with van der Waals surface area (Å²) in [5.41, 5.74) is 1.82. The number of benzene rings is 2. The van der Waals surface area contributed by atoms with Crippen LogP contribution >= 0.6 is 0 Å². The Bertz CT molecular complexity index is 1200. The maximum absolute atomic E-state index is 13.4. The Hall–Kier alpha value is -3.72. The average molecular weight is 541 g/mol. The number of methoxy groups -OCH3 is 3. The lowest BCUT2D eigenvalue weighted by molar-refractivity contribution is -0.139. The smallest absolute Gasteiger partial charge is 0.295 e. The van der Waals surface area contributed by atoms with Gasteiger partial charge in [-0.3, -0.25) is 9.59 Å². The SMILES string of the molecule is CCCCOc1ccc(/C(O)=C2\C(=O)C(=O)N(CCCN(C)C)[C@@H]2c2cc(OC)c(OC)c(OC)c2)cc1C. The molecule has 1 N–H and O–H groups in total. The molecule has 0 aliphatic carbocycles. The fourth-order valence-electron chi connectivity index (χ4n) is 4.71. The summed E-state index contributed by atoms with van der Waals surface area (Å²) in [5.74, 6) is 0.228. The summed E-state index contributed by atoms with van der Waals surface area (Å²) in [5, 5.41) is 11.5. The highest BCUT2D eigenvalue weighted by atomic mass is 16.5. The Labute approximate surface area is 230 Å². The van der Waals surface area contributed by atoms with Crippen molar-refractivity contribution in [2.45, 2.75) is 39.2 Å². The first-order chi connectivity index (χ1) is 18.7.